The van der Waals surface area contributed by atoms with Gasteiger partial charge >= 0.3 is 0 Å². The fraction of sp³-hybridized carbons (Fsp3) is 0.600. The number of sulfone groups is 1. The van der Waals surface area contributed by atoms with E-state index in [4.69, 9.17) is 0 Å². The summed E-state index contributed by atoms with van der Waals surface area (Å²) in [6.07, 6.45) is 2.38. The Labute approximate surface area is 168 Å². The number of hydrogen-bond donors (Lipinski definition) is 2. The molecule has 1 aliphatic rings. The molecule has 156 valence electrons. The first-order valence-corrected chi connectivity index (χ1v) is 11.7. The van der Waals surface area contributed by atoms with Crippen LogP contribution in [0.1, 0.15) is 42.1 Å². The maximum absolute atomic E-state index is 12.9. The summed E-state index contributed by atoms with van der Waals surface area (Å²) in [6.45, 7) is 3.65. The SMILES string of the molecule is CCCCN(C(=O)C[NH+](C)Cc1ccc(C(=O)NC)cc1)[C@H]1CCS(=O)(=O)C1. The third-order valence-electron chi connectivity index (χ3n) is 5.12. The topological polar surface area (TPSA) is 88.0 Å². The molecule has 0 saturated carbocycles. The van der Waals surface area contributed by atoms with Crippen LogP contribution in [-0.2, 0) is 21.2 Å². The monoisotopic (exact) mass is 410 g/mol. The molecule has 0 aromatic heterocycles. The van der Waals surface area contributed by atoms with Gasteiger partial charge in [-0.2, -0.15) is 0 Å². The molecule has 1 fully saturated rings. The Morgan fingerprint density at radius 3 is 2.46 bits per heavy atom. The third-order valence-corrected chi connectivity index (χ3v) is 6.87. The predicted octanol–water partition coefficient (Wildman–Crippen LogP) is -0.123. The molecule has 1 aromatic rings. The van der Waals surface area contributed by atoms with Crippen molar-refractivity contribution in [1.82, 2.24) is 10.2 Å². The number of rotatable bonds is 9. The van der Waals surface area contributed by atoms with Crippen molar-refractivity contribution < 1.29 is 22.9 Å². The molecule has 8 heteroatoms. The number of likely N-dealkylation sites (N-methyl/N-ethyl adjacent to an activating group) is 1. The van der Waals surface area contributed by atoms with Crippen molar-refractivity contribution >= 4 is 21.7 Å². The number of amides is 2. The number of benzene rings is 1. The molecule has 2 rings (SSSR count). The maximum atomic E-state index is 12.9. The molecule has 0 radical (unpaired) electrons. The summed E-state index contributed by atoms with van der Waals surface area (Å²) in [5.41, 5.74) is 1.65. The first-order valence-electron chi connectivity index (χ1n) is 9.88. The quantitative estimate of drug-likeness (QED) is 0.594. The molecule has 1 heterocycles. The van der Waals surface area contributed by atoms with Crippen molar-refractivity contribution in [2.45, 2.75) is 38.8 Å². The molecule has 0 bridgehead atoms. The van der Waals surface area contributed by atoms with Gasteiger partial charge in [-0.05, 0) is 25.0 Å². The van der Waals surface area contributed by atoms with Crippen molar-refractivity contribution in [2.75, 3.05) is 38.7 Å². The molecule has 28 heavy (non-hydrogen) atoms. The minimum atomic E-state index is -3.02. The minimum absolute atomic E-state index is 0.00929. The number of nitrogens with zero attached hydrogens (tertiary/aromatic N) is 1. The van der Waals surface area contributed by atoms with Crippen LogP contribution in [0, 0.1) is 0 Å². The van der Waals surface area contributed by atoms with Gasteiger partial charge in [-0.3, -0.25) is 9.59 Å². The van der Waals surface area contributed by atoms with Crippen LogP contribution in [0.2, 0.25) is 0 Å². The number of carbonyl (C=O) groups is 2. The normalized spacial score (nSPS) is 19.2. The van der Waals surface area contributed by atoms with Crippen molar-refractivity contribution in [2.24, 2.45) is 0 Å². The first kappa shape index (κ1) is 22.4. The summed E-state index contributed by atoms with van der Waals surface area (Å²) >= 11 is 0. The van der Waals surface area contributed by atoms with Gasteiger partial charge in [0, 0.05) is 30.8 Å². The molecule has 2 atom stereocenters. The van der Waals surface area contributed by atoms with Crippen molar-refractivity contribution in [3.8, 4) is 0 Å². The lowest BCUT2D eigenvalue weighted by atomic mass is 10.1. The van der Waals surface area contributed by atoms with Crippen molar-refractivity contribution in [1.29, 1.82) is 0 Å². The van der Waals surface area contributed by atoms with E-state index in [2.05, 4.69) is 12.2 Å². The van der Waals surface area contributed by atoms with Crippen LogP contribution in [0.4, 0.5) is 0 Å². The van der Waals surface area contributed by atoms with Gasteiger partial charge in [-0.1, -0.05) is 25.5 Å². The highest BCUT2D eigenvalue weighted by Crippen LogP contribution is 2.18. The lowest BCUT2D eigenvalue weighted by Crippen LogP contribution is -3.09. The first-order chi connectivity index (χ1) is 13.3. The second-order valence-corrected chi connectivity index (χ2v) is 9.81. The van der Waals surface area contributed by atoms with E-state index >= 15 is 0 Å². The van der Waals surface area contributed by atoms with E-state index in [0.29, 0.717) is 31.6 Å². The third kappa shape index (κ3) is 6.31. The van der Waals surface area contributed by atoms with Crippen LogP contribution >= 0.6 is 0 Å². The number of unbranched alkanes of at least 4 members (excludes halogenated alkanes) is 1. The molecular weight excluding hydrogens is 378 g/mol. The Hall–Kier alpha value is -1.93. The predicted molar refractivity (Wildman–Crippen MR) is 109 cm³/mol. The fourth-order valence-corrected chi connectivity index (χ4v) is 5.28. The fourth-order valence-electron chi connectivity index (χ4n) is 3.55. The number of carbonyl (C=O) groups excluding carboxylic acids is 2. The molecule has 1 aliphatic heterocycles. The largest absolute Gasteiger partial charge is 0.355 e. The summed E-state index contributed by atoms with van der Waals surface area (Å²) < 4.78 is 23.7. The average molecular weight is 411 g/mol. The van der Waals surface area contributed by atoms with Gasteiger partial charge in [0.25, 0.3) is 11.8 Å². The van der Waals surface area contributed by atoms with E-state index in [1.165, 1.54) is 0 Å². The minimum Gasteiger partial charge on any atom is -0.355 e. The number of quaternary nitrogens is 1. The molecule has 1 aromatic carbocycles. The molecule has 2 amide bonds. The van der Waals surface area contributed by atoms with Crippen LogP contribution in [0.25, 0.3) is 0 Å². The van der Waals surface area contributed by atoms with Crippen LogP contribution < -0.4 is 10.2 Å². The van der Waals surface area contributed by atoms with Gasteiger partial charge < -0.3 is 15.1 Å². The highest BCUT2D eigenvalue weighted by Gasteiger charge is 2.35. The van der Waals surface area contributed by atoms with Gasteiger partial charge in [0.05, 0.1) is 18.6 Å². The zero-order chi connectivity index (χ0) is 20.7. The Balaban J connectivity index is 1.96. The van der Waals surface area contributed by atoms with E-state index in [9.17, 15) is 18.0 Å². The zero-order valence-corrected chi connectivity index (χ0v) is 17.8. The van der Waals surface area contributed by atoms with E-state index in [1.807, 2.05) is 19.2 Å². The van der Waals surface area contributed by atoms with Crippen molar-refractivity contribution in [3.05, 3.63) is 35.4 Å². The Bertz CT molecular complexity index is 777. The second-order valence-electron chi connectivity index (χ2n) is 7.58. The van der Waals surface area contributed by atoms with Gasteiger partial charge in [0.1, 0.15) is 6.54 Å². The smallest absolute Gasteiger partial charge is 0.278 e. The molecule has 0 spiro atoms. The Morgan fingerprint density at radius 1 is 1.25 bits per heavy atom. The average Bonchev–Trinajstić information content (AvgIpc) is 3.01. The maximum Gasteiger partial charge on any atom is 0.278 e. The van der Waals surface area contributed by atoms with E-state index < -0.39 is 9.84 Å². The van der Waals surface area contributed by atoms with E-state index in [0.717, 1.165) is 23.3 Å². The number of hydrogen-bond acceptors (Lipinski definition) is 4. The highest BCUT2D eigenvalue weighted by atomic mass is 32.2. The molecule has 1 saturated heterocycles. The standard InChI is InChI=1S/C20H31N3O4S/c1-4-5-11-23(18-10-12-28(26,27)15-18)19(24)14-22(3)13-16-6-8-17(9-7-16)20(25)21-2/h6-9,18H,4-5,10-15H2,1-3H3,(H,21,25)/p+1/t18-/m0/s1. The molecule has 2 N–H and O–H groups in total. The summed E-state index contributed by atoms with van der Waals surface area (Å²) in [7, 11) is 0.526. The van der Waals surface area contributed by atoms with Gasteiger partial charge in [0.15, 0.2) is 16.4 Å². The lowest BCUT2D eigenvalue weighted by Gasteiger charge is -2.29. The molecule has 1 unspecified atom stereocenters. The summed E-state index contributed by atoms with van der Waals surface area (Å²) in [5.74, 6) is 0.145. The lowest BCUT2D eigenvalue weighted by molar-refractivity contribution is -0.885. The van der Waals surface area contributed by atoms with Crippen LogP contribution in [-0.4, -0.2) is 69.9 Å². The summed E-state index contributed by atoms with van der Waals surface area (Å²) in [5, 5.41) is 2.59. The number of nitrogens with one attached hydrogen (secondary N) is 2. The van der Waals surface area contributed by atoms with Crippen molar-refractivity contribution in [3.63, 3.8) is 0 Å². The Kier molecular flexibility index (Phi) is 8.00. The van der Waals surface area contributed by atoms with Gasteiger partial charge in [-0.25, -0.2) is 8.42 Å². The summed E-state index contributed by atoms with van der Waals surface area (Å²) in [6, 6.07) is 7.16. The molecular formula is C20H32N3O4S+. The van der Waals surface area contributed by atoms with E-state index in [1.54, 1.807) is 24.1 Å². The Morgan fingerprint density at radius 2 is 1.93 bits per heavy atom. The van der Waals surface area contributed by atoms with Crippen LogP contribution in [0.5, 0.6) is 0 Å². The highest BCUT2D eigenvalue weighted by molar-refractivity contribution is 7.91. The van der Waals surface area contributed by atoms with Gasteiger partial charge in [0.2, 0.25) is 0 Å². The molecule has 7 nitrogen and oxygen atoms in total. The molecule has 0 aliphatic carbocycles. The van der Waals surface area contributed by atoms with E-state index in [-0.39, 0.29) is 29.4 Å². The van der Waals surface area contributed by atoms with Crippen LogP contribution in [0.15, 0.2) is 24.3 Å². The second kappa shape index (κ2) is 10.0. The van der Waals surface area contributed by atoms with Crippen LogP contribution in [0.3, 0.4) is 0 Å². The summed E-state index contributed by atoms with van der Waals surface area (Å²) in [4.78, 5) is 27.3. The van der Waals surface area contributed by atoms with Gasteiger partial charge in [-0.15, -0.1) is 0 Å². The zero-order valence-electron chi connectivity index (χ0n) is 17.0.